The van der Waals surface area contributed by atoms with Gasteiger partial charge in [-0.2, -0.15) is 0 Å². The van der Waals surface area contributed by atoms with Crippen molar-refractivity contribution in [1.29, 1.82) is 0 Å². The van der Waals surface area contributed by atoms with Crippen molar-refractivity contribution in [3.63, 3.8) is 0 Å². The Morgan fingerprint density at radius 1 is 1.22 bits per heavy atom. The Labute approximate surface area is 160 Å². The first kappa shape index (κ1) is 20.8. The highest BCUT2D eigenvalue weighted by Gasteiger charge is 2.25. The van der Waals surface area contributed by atoms with E-state index in [-0.39, 0.29) is 6.42 Å². The maximum absolute atomic E-state index is 12.0. The van der Waals surface area contributed by atoms with Crippen LogP contribution in [0.25, 0.3) is 10.9 Å². The molecular formula is C21H30N2O4. The predicted octanol–water partition coefficient (Wildman–Crippen LogP) is 4.35. The average molecular weight is 374 g/mol. The summed E-state index contributed by atoms with van der Waals surface area (Å²) < 4.78 is 7.37. The molecule has 1 atom stereocenters. The number of unbranched alkanes of at least 4 members (excludes halogenated alkanes) is 2. The van der Waals surface area contributed by atoms with Gasteiger partial charge in [-0.1, -0.05) is 38.0 Å². The van der Waals surface area contributed by atoms with E-state index in [4.69, 9.17) is 4.74 Å². The van der Waals surface area contributed by atoms with Crippen LogP contribution in [0.3, 0.4) is 0 Å². The van der Waals surface area contributed by atoms with Crippen LogP contribution in [0.1, 0.15) is 52.5 Å². The number of carboxylic acids is 1. The van der Waals surface area contributed by atoms with E-state index < -0.39 is 23.7 Å². The molecule has 6 heteroatoms. The van der Waals surface area contributed by atoms with Gasteiger partial charge in [0.2, 0.25) is 0 Å². The molecule has 0 bridgehead atoms. The summed E-state index contributed by atoms with van der Waals surface area (Å²) in [5, 5.41) is 13.1. The summed E-state index contributed by atoms with van der Waals surface area (Å²) in [6.07, 6.45) is 4.87. The summed E-state index contributed by atoms with van der Waals surface area (Å²) in [6, 6.07) is 6.92. The number of aliphatic carboxylic acids is 1. The summed E-state index contributed by atoms with van der Waals surface area (Å²) in [7, 11) is 0. The number of hydrogen-bond donors (Lipinski definition) is 2. The normalized spacial score (nSPS) is 12.7. The van der Waals surface area contributed by atoms with Crippen molar-refractivity contribution in [2.24, 2.45) is 0 Å². The highest BCUT2D eigenvalue weighted by atomic mass is 16.6. The minimum atomic E-state index is -1.08. The smallest absolute Gasteiger partial charge is 0.408 e. The van der Waals surface area contributed by atoms with Crippen LogP contribution in [0.4, 0.5) is 4.79 Å². The van der Waals surface area contributed by atoms with E-state index in [0.29, 0.717) is 0 Å². The molecule has 1 aromatic heterocycles. The number of nitrogens with zero attached hydrogens (tertiary/aromatic N) is 1. The topological polar surface area (TPSA) is 80.6 Å². The second-order valence-electron chi connectivity index (χ2n) is 7.81. The first-order valence-corrected chi connectivity index (χ1v) is 9.50. The number of carbonyl (C=O) groups excluding carboxylic acids is 1. The molecule has 1 aromatic carbocycles. The summed E-state index contributed by atoms with van der Waals surface area (Å²) in [6.45, 7) is 8.29. The number of ether oxygens (including phenoxy) is 1. The number of carboxylic acid groups (broad SMARTS) is 1. The molecule has 2 N–H and O–H groups in total. The Balaban J connectivity index is 2.21. The minimum Gasteiger partial charge on any atom is -0.480 e. The molecule has 1 heterocycles. The summed E-state index contributed by atoms with van der Waals surface area (Å²) in [5.41, 5.74) is 1.32. The van der Waals surface area contributed by atoms with Crippen LogP contribution in [0, 0.1) is 0 Å². The number of para-hydroxylation sites is 1. The van der Waals surface area contributed by atoms with Crippen LogP contribution in [-0.2, 0) is 22.5 Å². The van der Waals surface area contributed by atoms with Gasteiger partial charge in [-0.15, -0.1) is 0 Å². The number of alkyl carbamates (subject to hydrolysis) is 1. The van der Waals surface area contributed by atoms with E-state index in [1.165, 1.54) is 0 Å². The molecule has 0 radical (unpaired) electrons. The van der Waals surface area contributed by atoms with Crippen molar-refractivity contribution in [3.05, 3.63) is 36.0 Å². The van der Waals surface area contributed by atoms with Crippen molar-refractivity contribution in [2.75, 3.05) is 0 Å². The third kappa shape index (κ3) is 6.01. The molecule has 0 saturated heterocycles. The molecular weight excluding hydrogens is 344 g/mol. The van der Waals surface area contributed by atoms with Gasteiger partial charge in [-0.25, -0.2) is 9.59 Å². The Bertz CT molecular complexity index is 789. The van der Waals surface area contributed by atoms with Crippen LogP contribution in [-0.4, -0.2) is 33.4 Å². The molecule has 0 aliphatic carbocycles. The van der Waals surface area contributed by atoms with Crippen molar-refractivity contribution in [1.82, 2.24) is 9.88 Å². The molecule has 6 nitrogen and oxygen atoms in total. The highest BCUT2D eigenvalue weighted by molar-refractivity contribution is 5.86. The van der Waals surface area contributed by atoms with Crippen LogP contribution >= 0.6 is 0 Å². The molecule has 0 fully saturated rings. The predicted molar refractivity (Wildman–Crippen MR) is 106 cm³/mol. The van der Waals surface area contributed by atoms with Crippen molar-refractivity contribution in [2.45, 2.75) is 71.6 Å². The highest BCUT2D eigenvalue weighted by Crippen LogP contribution is 2.23. The Morgan fingerprint density at radius 3 is 2.56 bits per heavy atom. The number of benzene rings is 1. The SMILES string of the molecule is CCCCCn1cc(CC(NC(=O)OC(C)(C)C)C(=O)O)c2ccccc21. The fourth-order valence-electron chi connectivity index (χ4n) is 3.07. The van der Waals surface area contributed by atoms with Gasteiger partial charge in [0.15, 0.2) is 0 Å². The number of hydrogen-bond acceptors (Lipinski definition) is 3. The van der Waals surface area contributed by atoms with Gasteiger partial charge < -0.3 is 19.7 Å². The molecule has 0 aliphatic heterocycles. The quantitative estimate of drug-likeness (QED) is 0.673. The lowest BCUT2D eigenvalue weighted by Crippen LogP contribution is -2.44. The zero-order chi connectivity index (χ0) is 20.0. The molecule has 0 spiro atoms. The molecule has 148 valence electrons. The van der Waals surface area contributed by atoms with E-state index in [1.807, 2.05) is 30.5 Å². The fraction of sp³-hybridized carbons (Fsp3) is 0.524. The van der Waals surface area contributed by atoms with E-state index in [0.717, 1.165) is 42.3 Å². The maximum Gasteiger partial charge on any atom is 0.408 e. The van der Waals surface area contributed by atoms with E-state index >= 15 is 0 Å². The third-order valence-electron chi connectivity index (χ3n) is 4.29. The fourth-order valence-corrected chi connectivity index (χ4v) is 3.07. The Kier molecular flexibility index (Phi) is 6.88. The number of nitrogens with one attached hydrogen (secondary N) is 1. The van der Waals surface area contributed by atoms with Crippen LogP contribution in [0.2, 0.25) is 0 Å². The maximum atomic E-state index is 12.0. The van der Waals surface area contributed by atoms with Crippen LogP contribution in [0.5, 0.6) is 0 Å². The lowest BCUT2D eigenvalue weighted by molar-refractivity contribution is -0.139. The first-order valence-electron chi connectivity index (χ1n) is 9.50. The number of rotatable bonds is 8. The van der Waals surface area contributed by atoms with Gasteiger partial charge in [-0.05, 0) is 38.8 Å². The molecule has 0 saturated carbocycles. The number of carbonyl (C=O) groups is 2. The molecule has 1 unspecified atom stereocenters. The summed E-state index contributed by atoms with van der Waals surface area (Å²) >= 11 is 0. The van der Waals surface area contributed by atoms with Gasteiger partial charge in [0.05, 0.1) is 0 Å². The summed E-state index contributed by atoms with van der Waals surface area (Å²) in [4.78, 5) is 23.7. The molecule has 0 aliphatic rings. The zero-order valence-electron chi connectivity index (χ0n) is 16.6. The van der Waals surface area contributed by atoms with Gasteiger partial charge in [0.1, 0.15) is 11.6 Å². The van der Waals surface area contributed by atoms with Crippen LogP contribution in [0.15, 0.2) is 30.5 Å². The monoisotopic (exact) mass is 374 g/mol. The van der Waals surface area contributed by atoms with Gasteiger partial charge >= 0.3 is 12.1 Å². The number of amides is 1. The molecule has 2 rings (SSSR count). The van der Waals surface area contributed by atoms with Crippen molar-refractivity contribution >= 4 is 23.0 Å². The standard InChI is InChI=1S/C21H30N2O4/c1-5-6-9-12-23-14-15(16-10-7-8-11-18(16)23)13-17(19(24)25)22-20(26)27-21(2,3)4/h7-8,10-11,14,17H,5-6,9,12-13H2,1-4H3,(H,22,26)(H,24,25). The number of aryl methyl sites for hydroxylation is 1. The Hall–Kier alpha value is -2.50. The second kappa shape index (κ2) is 8.93. The van der Waals surface area contributed by atoms with Gasteiger partial charge in [-0.3, -0.25) is 0 Å². The minimum absolute atomic E-state index is 0.204. The first-order chi connectivity index (χ1) is 12.7. The average Bonchev–Trinajstić information content (AvgIpc) is 2.91. The molecule has 1 amide bonds. The lowest BCUT2D eigenvalue weighted by atomic mass is 10.1. The largest absolute Gasteiger partial charge is 0.480 e. The Morgan fingerprint density at radius 2 is 1.93 bits per heavy atom. The number of aromatic nitrogens is 1. The van der Waals surface area contributed by atoms with Crippen molar-refractivity contribution in [3.8, 4) is 0 Å². The number of fused-ring (bicyclic) bond motifs is 1. The molecule has 27 heavy (non-hydrogen) atoms. The molecule has 2 aromatic rings. The van der Waals surface area contributed by atoms with Crippen molar-refractivity contribution < 1.29 is 19.4 Å². The lowest BCUT2D eigenvalue weighted by Gasteiger charge is -2.22. The van der Waals surface area contributed by atoms with E-state index in [1.54, 1.807) is 20.8 Å². The third-order valence-corrected chi connectivity index (χ3v) is 4.29. The second-order valence-corrected chi connectivity index (χ2v) is 7.81. The van der Waals surface area contributed by atoms with E-state index in [9.17, 15) is 14.7 Å². The van der Waals surface area contributed by atoms with Gasteiger partial charge in [0.25, 0.3) is 0 Å². The summed E-state index contributed by atoms with van der Waals surface area (Å²) in [5.74, 6) is -1.08. The van der Waals surface area contributed by atoms with E-state index in [2.05, 4.69) is 16.8 Å². The van der Waals surface area contributed by atoms with Gasteiger partial charge in [0, 0.05) is 30.1 Å². The zero-order valence-corrected chi connectivity index (χ0v) is 16.6. The van der Waals surface area contributed by atoms with Crippen LogP contribution < -0.4 is 5.32 Å².